The van der Waals surface area contributed by atoms with Crippen molar-refractivity contribution in [3.05, 3.63) is 63.9 Å². The highest BCUT2D eigenvalue weighted by atomic mass is 35.5. The summed E-state index contributed by atoms with van der Waals surface area (Å²) in [5.74, 6) is -1.95. The first-order valence-electron chi connectivity index (χ1n) is 7.32. The molecule has 5 nitrogen and oxygen atoms in total. The van der Waals surface area contributed by atoms with Gasteiger partial charge >= 0.3 is 6.18 Å². The molecule has 0 aromatic heterocycles. The van der Waals surface area contributed by atoms with Crippen LogP contribution in [0.4, 0.5) is 17.6 Å². The van der Waals surface area contributed by atoms with Crippen LogP contribution >= 0.6 is 11.6 Å². The van der Waals surface area contributed by atoms with Crippen molar-refractivity contribution in [1.29, 1.82) is 0 Å². The Morgan fingerprint density at radius 2 is 1.81 bits per heavy atom. The first kappa shape index (κ1) is 21.1. The number of rotatable bonds is 5. The Bertz CT molecular complexity index is 978. The average Bonchev–Trinajstić information content (AvgIpc) is 2.59. The lowest BCUT2D eigenvalue weighted by Crippen LogP contribution is -2.26. The molecule has 0 aliphatic rings. The third-order valence-electron chi connectivity index (χ3n) is 3.58. The van der Waals surface area contributed by atoms with Crippen LogP contribution in [0.5, 0.6) is 0 Å². The minimum absolute atomic E-state index is 0.0855. The van der Waals surface area contributed by atoms with E-state index in [1.165, 1.54) is 19.2 Å². The second kappa shape index (κ2) is 7.83. The monoisotopic (exact) mass is 424 g/mol. The molecule has 0 saturated heterocycles. The van der Waals surface area contributed by atoms with Crippen LogP contribution in [0.2, 0.25) is 5.02 Å². The molecule has 2 rings (SSSR count). The number of carbonyl (C=O) groups excluding carboxylic acids is 1. The zero-order valence-corrected chi connectivity index (χ0v) is 15.3. The van der Waals surface area contributed by atoms with E-state index in [0.717, 1.165) is 18.2 Å². The van der Waals surface area contributed by atoms with Gasteiger partial charge in [0, 0.05) is 6.54 Å². The summed E-state index contributed by atoms with van der Waals surface area (Å²) in [5.41, 5.74) is -1.81. The molecule has 0 aliphatic heterocycles. The van der Waals surface area contributed by atoms with Crippen molar-refractivity contribution in [2.45, 2.75) is 17.6 Å². The fraction of sp³-hybridized carbons (Fsp3) is 0.188. The van der Waals surface area contributed by atoms with E-state index in [2.05, 4.69) is 10.0 Å². The molecule has 146 valence electrons. The number of halogens is 5. The summed E-state index contributed by atoms with van der Waals surface area (Å²) in [6, 6.07) is 5.42. The molecule has 0 heterocycles. The van der Waals surface area contributed by atoms with Crippen LogP contribution in [-0.4, -0.2) is 21.4 Å². The second-order valence-corrected chi connectivity index (χ2v) is 7.62. The van der Waals surface area contributed by atoms with Crippen LogP contribution in [0.3, 0.4) is 0 Å². The lowest BCUT2D eigenvalue weighted by molar-refractivity contribution is -0.138. The summed E-state index contributed by atoms with van der Waals surface area (Å²) in [6.07, 6.45) is -4.80. The van der Waals surface area contributed by atoms with Crippen LogP contribution in [0, 0.1) is 5.82 Å². The second-order valence-electron chi connectivity index (χ2n) is 5.33. The van der Waals surface area contributed by atoms with Crippen molar-refractivity contribution in [2.24, 2.45) is 0 Å². The summed E-state index contributed by atoms with van der Waals surface area (Å²) < 4.78 is 77.8. The average molecular weight is 425 g/mol. The molecule has 0 atom stereocenters. The standard InChI is InChI=1S/C16H13ClF4N2O3S/c1-22-27(25,26)11-4-5-14(17)12(7-11)15(24)23-8-9-2-3-10(18)6-13(9)16(19,20)21/h2-7,22H,8H2,1H3,(H,23,24). The number of benzene rings is 2. The first-order valence-corrected chi connectivity index (χ1v) is 9.18. The predicted octanol–water partition coefficient (Wildman–Crippen LogP) is 3.34. The van der Waals surface area contributed by atoms with Crippen LogP contribution in [-0.2, 0) is 22.7 Å². The van der Waals surface area contributed by atoms with Gasteiger partial charge in [-0.25, -0.2) is 17.5 Å². The van der Waals surface area contributed by atoms with Gasteiger partial charge in [0.25, 0.3) is 5.91 Å². The van der Waals surface area contributed by atoms with E-state index in [-0.39, 0.29) is 21.0 Å². The quantitative estimate of drug-likeness (QED) is 0.723. The molecule has 11 heteroatoms. The predicted molar refractivity (Wildman–Crippen MR) is 90.3 cm³/mol. The molecule has 27 heavy (non-hydrogen) atoms. The van der Waals surface area contributed by atoms with E-state index in [4.69, 9.17) is 11.6 Å². The Kier molecular flexibility index (Phi) is 6.13. The zero-order chi connectivity index (χ0) is 20.4. The lowest BCUT2D eigenvalue weighted by Gasteiger charge is -2.14. The smallest absolute Gasteiger partial charge is 0.348 e. The van der Waals surface area contributed by atoms with E-state index in [9.17, 15) is 30.8 Å². The van der Waals surface area contributed by atoms with Crippen molar-refractivity contribution < 1.29 is 30.8 Å². The largest absolute Gasteiger partial charge is 0.416 e. The van der Waals surface area contributed by atoms with Gasteiger partial charge in [-0.2, -0.15) is 13.2 Å². The van der Waals surface area contributed by atoms with E-state index >= 15 is 0 Å². The molecule has 2 aromatic rings. The maximum atomic E-state index is 13.1. The Balaban J connectivity index is 2.29. The van der Waals surface area contributed by atoms with Crippen molar-refractivity contribution in [3.8, 4) is 0 Å². The van der Waals surface area contributed by atoms with Crippen LogP contribution < -0.4 is 10.0 Å². The van der Waals surface area contributed by atoms with Gasteiger partial charge in [-0.1, -0.05) is 17.7 Å². The fourth-order valence-electron chi connectivity index (χ4n) is 2.20. The van der Waals surface area contributed by atoms with Crippen LogP contribution in [0.1, 0.15) is 21.5 Å². The first-order chi connectivity index (χ1) is 12.5. The summed E-state index contributed by atoms with van der Waals surface area (Å²) in [5, 5.41) is 2.14. The molecule has 0 saturated carbocycles. The molecule has 2 aromatic carbocycles. The number of alkyl halides is 3. The maximum absolute atomic E-state index is 13.1. The number of amides is 1. The number of hydrogen-bond donors (Lipinski definition) is 2. The third-order valence-corrected chi connectivity index (χ3v) is 5.32. The molecule has 2 N–H and O–H groups in total. The molecular weight excluding hydrogens is 412 g/mol. The van der Waals surface area contributed by atoms with Gasteiger partial charge in [0.15, 0.2) is 0 Å². The number of carbonyl (C=O) groups is 1. The lowest BCUT2D eigenvalue weighted by atomic mass is 10.1. The Labute approximate surface area is 157 Å². The summed E-state index contributed by atoms with van der Waals surface area (Å²) in [4.78, 5) is 12.0. The van der Waals surface area contributed by atoms with Crippen LogP contribution in [0.15, 0.2) is 41.3 Å². The number of sulfonamides is 1. The molecule has 0 spiro atoms. The molecule has 0 unspecified atom stereocenters. The van der Waals surface area contributed by atoms with Gasteiger partial charge < -0.3 is 5.32 Å². The maximum Gasteiger partial charge on any atom is 0.416 e. The highest BCUT2D eigenvalue weighted by Gasteiger charge is 2.33. The minimum Gasteiger partial charge on any atom is -0.348 e. The van der Waals surface area contributed by atoms with Crippen LogP contribution in [0.25, 0.3) is 0 Å². The van der Waals surface area contributed by atoms with Crippen molar-refractivity contribution in [1.82, 2.24) is 10.0 Å². The summed E-state index contributed by atoms with van der Waals surface area (Å²) in [7, 11) is -2.67. The Hall–Kier alpha value is -2.17. The Morgan fingerprint density at radius 3 is 2.41 bits per heavy atom. The highest BCUT2D eigenvalue weighted by Crippen LogP contribution is 2.32. The topological polar surface area (TPSA) is 75.3 Å². The zero-order valence-electron chi connectivity index (χ0n) is 13.7. The SMILES string of the molecule is CNS(=O)(=O)c1ccc(Cl)c(C(=O)NCc2ccc(F)cc2C(F)(F)F)c1. The van der Waals surface area contributed by atoms with Crippen molar-refractivity contribution >= 4 is 27.5 Å². The summed E-state index contributed by atoms with van der Waals surface area (Å²) >= 11 is 5.89. The van der Waals surface area contributed by atoms with E-state index in [1.54, 1.807) is 0 Å². The van der Waals surface area contributed by atoms with Gasteiger partial charge in [0.1, 0.15) is 5.82 Å². The Morgan fingerprint density at radius 1 is 1.15 bits per heavy atom. The minimum atomic E-state index is -4.80. The molecule has 0 fully saturated rings. The van der Waals surface area contributed by atoms with Gasteiger partial charge in [0.05, 0.1) is 21.0 Å². The number of nitrogens with one attached hydrogen (secondary N) is 2. The van der Waals surface area contributed by atoms with Gasteiger partial charge in [-0.05, 0) is 42.9 Å². The fourth-order valence-corrected chi connectivity index (χ4v) is 3.16. The van der Waals surface area contributed by atoms with E-state index in [0.29, 0.717) is 6.07 Å². The van der Waals surface area contributed by atoms with Gasteiger partial charge in [-0.15, -0.1) is 0 Å². The van der Waals surface area contributed by atoms with Crippen molar-refractivity contribution in [3.63, 3.8) is 0 Å². The highest BCUT2D eigenvalue weighted by molar-refractivity contribution is 7.89. The van der Waals surface area contributed by atoms with Gasteiger partial charge in [-0.3, -0.25) is 4.79 Å². The normalized spacial score (nSPS) is 12.1. The third kappa shape index (κ3) is 4.96. The van der Waals surface area contributed by atoms with E-state index < -0.39 is 40.0 Å². The molecule has 0 radical (unpaired) electrons. The molecule has 1 amide bonds. The van der Waals surface area contributed by atoms with E-state index in [1.807, 2.05) is 0 Å². The summed E-state index contributed by atoms with van der Waals surface area (Å²) in [6.45, 7) is -0.562. The molecule has 0 bridgehead atoms. The van der Waals surface area contributed by atoms with Crippen molar-refractivity contribution in [2.75, 3.05) is 7.05 Å². The molecular formula is C16H13ClF4N2O3S. The number of hydrogen-bond acceptors (Lipinski definition) is 3. The van der Waals surface area contributed by atoms with Gasteiger partial charge in [0.2, 0.25) is 10.0 Å². The molecule has 0 aliphatic carbocycles.